The molecule has 0 atom stereocenters. The molecular weight excluding hydrogens is 286 g/mol. The van der Waals surface area contributed by atoms with Gasteiger partial charge in [-0.15, -0.1) is 15.0 Å². The van der Waals surface area contributed by atoms with Crippen LogP contribution in [0, 0.1) is 0 Å². The quantitative estimate of drug-likeness (QED) is 0.261. The van der Waals surface area contributed by atoms with E-state index >= 15 is 0 Å². The van der Waals surface area contributed by atoms with Crippen molar-refractivity contribution in [1.29, 1.82) is 0 Å². The number of fused-ring (bicyclic) bond motifs is 1. The van der Waals surface area contributed by atoms with Gasteiger partial charge in [0.05, 0.1) is 0 Å². The molecule has 0 unspecified atom stereocenters. The highest BCUT2D eigenvalue weighted by Gasteiger charge is 2.13. The van der Waals surface area contributed by atoms with Crippen molar-refractivity contribution in [3.8, 4) is 17.2 Å². The Bertz CT molecular complexity index is 824. The van der Waals surface area contributed by atoms with Gasteiger partial charge in [0.2, 0.25) is 0 Å². The predicted octanol–water partition coefficient (Wildman–Crippen LogP) is 2.36. The van der Waals surface area contributed by atoms with Crippen LogP contribution in [-0.2, 0) is 4.79 Å². The number of esters is 1. The Labute approximate surface area is 124 Å². The summed E-state index contributed by atoms with van der Waals surface area (Å²) in [6, 6.07) is 11.7. The topological polar surface area (TPSA) is 86.5 Å². The number of ether oxygens (including phenoxy) is 1. The fourth-order valence-electron chi connectivity index (χ4n) is 1.92. The highest BCUT2D eigenvalue weighted by Crippen LogP contribution is 2.27. The Kier molecular flexibility index (Phi) is 3.55. The number of nitrogens with zero attached hydrogens (tertiary/aromatic N) is 3. The van der Waals surface area contributed by atoms with Gasteiger partial charge in [0.25, 0.3) is 0 Å². The maximum absolute atomic E-state index is 11.3. The Balaban J connectivity index is 2.08. The maximum atomic E-state index is 11.3. The van der Waals surface area contributed by atoms with Gasteiger partial charge in [-0.2, -0.15) is 0 Å². The molecule has 0 saturated carbocycles. The smallest absolute Gasteiger partial charge is 0.335 e. The second-order valence-electron chi connectivity index (χ2n) is 4.32. The number of hydrogen-bond acceptors (Lipinski definition) is 6. The van der Waals surface area contributed by atoms with Gasteiger partial charge in [0.15, 0.2) is 5.75 Å². The molecule has 0 fully saturated rings. The van der Waals surface area contributed by atoms with E-state index in [1.165, 1.54) is 23.0 Å². The van der Waals surface area contributed by atoms with Crippen molar-refractivity contribution in [1.82, 2.24) is 15.0 Å². The summed E-state index contributed by atoms with van der Waals surface area (Å²) >= 11 is 0. The third-order valence-electron chi connectivity index (χ3n) is 2.92. The SMILES string of the molecule is C=CC(=O)Oc1ccc(OO)c(-n2nc3ccccc3n2)c1. The van der Waals surface area contributed by atoms with Gasteiger partial charge in [-0.1, -0.05) is 18.7 Å². The van der Waals surface area contributed by atoms with Gasteiger partial charge < -0.3 is 9.62 Å². The number of benzene rings is 2. The Hall–Kier alpha value is -3.19. The molecule has 1 N–H and O–H groups in total. The van der Waals surface area contributed by atoms with E-state index in [4.69, 9.17) is 9.99 Å². The van der Waals surface area contributed by atoms with Crippen LogP contribution in [0.5, 0.6) is 11.5 Å². The molecule has 7 heteroatoms. The molecule has 7 nitrogen and oxygen atoms in total. The van der Waals surface area contributed by atoms with Crippen LogP contribution in [0.2, 0.25) is 0 Å². The molecule has 0 amide bonds. The van der Waals surface area contributed by atoms with Crippen molar-refractivity contribution in [2.24, 2.45) is 0 Å². The summed E-state index contributed by atoms with van der Waals surface area (Å²) in [5.74, 6) is -0.219. The van der Waals surface area contributed by atoms with E-state index in [1.807, 2.05) is 12.1 Å². The van der Waals surface area contributed by atoms with E-state index < -0.39 is 5.97 Å². The normalized spacial score (nSPS) is 10.4. The fraction of sp³-hybridized carbons (Fsp3) is 0. The summed E-state index contributed by atoms with van der Waals surface area (Å²) in [4.78, 5) is 16.9. The van der Waals surface area contributed by atoms with Crippen molar-refractivity contribution in [2.75, 3.05) is 0 Å². The molecule has 0 spiro atoms. The lowest BCUT2D eigenvalue weighted by Gasteiger charge is -2.07. The highest BCUT2D eigenvalue weighted by molar-refractivity contribution is 5.83. The minimum absolute atomic E-state index is 0.124. The van der Waals surface area contributed by atoms with Crippen LogP contribution in [-0.4, -0.2) is 26.2 Å². The fourth-order valence-corrected chi connectivity index (χ4v) is 1.92. The monoisotopic (exact) mass is 297 g/mol. The number of carbonyl (C=O) groups excluding carboxylic acids is 1. The zero-order valence-corrected chi connectivity index (χ0v) is 11.3. The minimum Gasteiger partial charge on any atom is -0.423 e. The zero-order chi connectivity index (χ0) is 15.5. The summed E-state index contributed by atoms with van der Waals surface area (Å²) in [5.41, 5.74) is 1.69. The molecule has 0 aliphatic heterocycles. The number of rotatable bonds is 4. The van der Waals surface area contributed by atoms with Gasteiger partial charge in [0.1, 0.15) is 22.5 Å². The van der Waals surface area contributed by atoms with Crippen LogP contribution >= 0.6 is 0 Å². The molecule has 110 valence electrons. The van der Waals surface area contributed by atoms with Crippen LogP contribution in [0.3, 0.4) is 0 Å². The lowest BCUT2D eigenvalue weighted by Crippen LogP contribution is -2.06. The van der Waals surface area contributed by atoms with Crippen molar-refractivity contribution in [3.63, 3.8) is 0 Å². The first-order valence-corrected chi connectivity index (χ1v) is 6.33. The van der Waals surface area contributed by atoms with Gasteiger partial charge in [-0.05, 0) is 24.3 Å². The zero-order valence-electron chi connectivity index (χ0n) is 11.3. The Morgan fingerprint density at radius 1 is 1.18 bits per heavy atom. The lowest BCUT2D eigenvalue weighted by molar-refractivity contribution is -0.137. The molecular formula is C15H11N3O4. The predicted molar refractivity (Wildman–Crippen MR) is 78.0 cm³/mol. The van der Waals surface area contributed by atoms with Gasteiger partial charge in [-0.3, -0.25) is 0 Å². The largest absolute Gasteiger partial charge is 0.423 e. The molecule has 3 rings (SSSR count). The Morgan fingerprint density at radius 3 is 2.45 bits per heavy atom. The molecule has 1 heterocycles. The number of hydrogen-bond donors (Lipinski definition) is 1. The molecule has 0 aliphatic rings. The average Bonchev–Trinajstić information content (AvgIpc) is 2.98. The van der Waals surface area contributed by atoms with Crippen LogP contribution in [0.25, 0.3) is 16.7 Å². The maximum Gasteiger partial charge on any atom is 0.335 e. The third kappa shape index (κ3) is 2.52. The molecule has 0 saturated heterocycles. The van der Waals surface area contributed by atoms with Crippen LogP contribution in [0.4, 0.5) is 0 Å². The van der Waals surface area contributed by atoms with Crippen LogP contribution in [0.15, 0.2) is 55.1 Å². The molecule has 1 aromatic heterocycles. The summed E-state index contributed by atoms with van der Waals surface area (Å²) in [6.07, 6.45) is 1.05. The molecule has 0 radical (unpaired) electrons. The summed E-state index contributed by atoms with van der Waals surface area (Å²) in [6.45, 7) is 3.33. The van der Waals surface area contributed by atoms with E-state index in [-0.39, 0.29) is 11.5 Å². The Morgan fingerprint density at radius 2 is 1.86 bits per heavy atom. The second-order valence-corrected chi connectivity index (χ2v) is 4.32. The van der Waals surface area contributed by atoms with Crippen molar-refractivity contribution >= 4 is 17.0 Å². The summed E-state index contributed by atoms with van der Waals surface area (Å²) in [5, 5.41) is 17.6. The molecule has 0 bridgehead atoms. The summed E-state index contributed by atoms with van der Waals surface area (Å²) < 4.78 is 5.04. The molecule has 2 aromatic carbocycles. The van der Waals surface area contributed by atoms with E-state index in [2.05, 4.69) is 21.7 Å². The van der Waals surface area contributed by atoms with E-state index in [0.717, 1.165) is 6.08 Å². The van der Waals surface area contributed by atoms with Crippen molar-refractivity contribution < 1.29 is 19.7 Å². The van der Waals surface area contributed by atoms with Crippen molar-refractivity contribution in [3.05, 3.63) is 55.1 Å². The van der Waals surface area contributed by atoms with Gasteiger partial charge >= 0.3 is 5.97 Å². The van der Waals surface area contributed by atoms with Crippen molar-refractivity contribution in [2.45, 2.75) is 0 Å². The van der Waals surface area contributed by atoms with Gasteiger partial charge in [-0.25, -0.2) is 10.1 Å². The lowest BCUT2D eigenvalue weighted by atomic mass is 10.3. The first kappa shape index (κ1) is 13.8. The highest BCUT2D eigenvalue weighted by atomic mass is 17.1. The molecule has 0 aliphatic carbocycles. The first-order valence-electron chi connectivity index (χ1n) is 6.33. The summed E-state index contributed by atoms with van der Waals surface area (Å²) in [7, 11) is 0. The number of carbonyl (C=O) groups is 1. The first-order chi connectivity index (χ1) is 10.7. The van der Waals surface area contributed by atoms with Crippen LogP contribution < -0.4 is 9.62 Å². The third-order valence-corrected chi connectivity index (χ3v) is 2.92. The van der Waals surface area contributed by atoms with Crippen LogP contribution in [0.1, 0.15) is 0 Å². The van der Waals surface area contributed by atoms with E-state index in [9.17, 15) is 4.79 Å². The molecule has 22 heavy (non-hydrogen) atoms. The second kappa shape index (κ2) is 5.66. The average molecular weight is 297 g/mol. The minimum atomic E-state index is -0.595. The molecule has 3 aromatic rings. The van der Waals surface area contributed by atoms with Gasteiger partial charge in [0, 0.05) is 12.1 Å². The number of aromatic nitrogens is 3. The van der Waals surface area contributed by atoms with E-state index in [1.54, 1.807) is 12.1 Å². The standard InChI is InChI=1S/C15H11N3O4/c1-2-15(19)21-10-7-8-14(22-20)13(9-10)18-16-11-5-3-4-6-12(11)17-18/h2-9,20H,1H2. The van der Waals surface area contributed by atoms with E-state index in [0.29, 0.717) is 16.7 Å².